The number of nitrogens with one attached hydrogen (secondary N) is 1. The topological polar surface area (TPSA) is 87.5 Å². The standard InChI is InChI=1S/C17H14ClN5O/c1-9-7-12(5-4-6-19)8-13(18)15(9)24-17-14-10(2)22-23-16(14)20-11(3)21-17/h4-5,7-8H,1-3H3,(H,20,21,22,23)/b5-4+. The zero-order valence-electron chi connectivity index (χ0n) is 13.4. The molecule has 3 aromatic rings. The molecular weight excluding hydrogens is 326 g/mol. The first-order valence-electron chi connectivity index (χ1n) is 7.23. The molecule has 7 heteroatoms. The lowest BCUT2D eigenvalue weighted by Crippen LogP contribution is -1.97. The van der Waals surface area contributed by atoms with Gasteiger partial charge in [-0.05, 0) is 50.1 Å². The van der Waals surface area contributed by atoms with Crippen LogP contribution >= 0.6 is 11.6 Å². The molecule has 2 heterocycles. The van der Waals surface area contributed by atoms with Crippen LogP contribution in [0.25, 0.3) is 17.1 Å². The molecule has 1 aromatic carbocycles. The van der Waals surface area contributed by atoms with Crippen LogP contribution in [0.15, 0.2) is 18.2 Å². The molecular formula is C17H14ClN5O. The Morgan fingerprint density at radius 1 is 1.25 bits per heavy atom. The first-order chi connectivity index (χ1) is 11.5. The van der Waals surface area contributed by atoms with Gasteiger partial charge in [-0.1, -0.05) is 11.6 Å². The lowest BCUT2D eigenvalue weighted by atomic mass is 10.1. The minimum Gasteiger partial charge on any atom is -0.436 e. The van der Waals surface area contributed by atoms with E-state index in [4.69, 9.17) is 21.6 Å². The predicted molar refractivity (Wildman–Crippen MR) is 92.1 cm³/mol. The van der Waals surface area contributed by atoms with Crippen LogP contribution in [0.1, 0.15) is 22.6 Å². The highest BCUT2D eigenvalue weighted by molar-refractivity contribution is 6.32. The molecule has 0 bridgehead atoms. The van der Waals surface area contributed by atoms with Crippen molar-refractivity contribution in [3.8, 4) is 17.7 Å². The molecule has 0 amide bonds. The van der Waals surface area contributed by atoms with E-state index >= 15 is 0 Å². The number of benzene rings is 1. The van der Waals surface area contributed by atoms with Gasteiger partial charge in [0, 0.05) is 11.8 Å². The van der Waals surface area contributed by atoms with E-state index in [1.807, 2.05) is 26.0 Å². The summed E-state index contributed by atoms with van der Waals surface area (Å²) < 4.78 is 6.00. The fourth-order valence-electron chi connectivity index (χ4n) is 2.42. The predicted octanol–water partition coefficient (Wildman–Crippen LogP) is 4.26. The molecule has 0 spiro atoms. The second-order valence-electron chi connectivity index (χ2n) is 5.34. The summed E-state index contributed by atoms with van der Waals surface area (Å²) in [4.78, 5) is 8.66. The van der Waals surface area contributed by atoms with Crippen molar-refractivity contribution in [1.29, 1.82) is 5.26 Å². The van der Waals surface area contributed by atoms with Gasteiger partial charge in [0.1, 0.15) is 11.2 Å². The summed E-state index contributed by atoms with van der Waals surface area (Å²) in [5.41, 5.74) is 3.04. The number of nitriles is 1. The van der Waals surface area contributed by atoms with Crippen molar-refractivity contribution in [2.75, 3.05) is 0 Å². The maximum atomic E-state index is 8.63. The maximum Gasteiger partial charge on any atom is 0.234 e. The van der Waals surface area contributed by atoms with Gasteiger partial charge in [-0.15, -0.1) is 0 Å². The SMILES string of the molecule is Cc1nc(Oc2c(C)cc(/C=C/C#N)cc2Cl)c2c(C)[nH]nc2n1. The van der Waals surface area contributed by atoms with E-state index in [0.29, 0.717) is 28.1 Å². The average molecular weight is 340 g/mol. The van der Waals surface area contributed by atoms with Crippen molar-refractivity contribution in [3.63, 3.8) is 0 Å². The molecule has 2 aromatic heterocycles. The third-order valence-electron chi connectivity index (χ3n) is 3.47. The quantitative estimate of drug-likeness (QED) is 0.720. The number of fused-ring (bicyclic) bond motifs is 1. The van der Waals surface area contributed by atoms with Crippen LogP contribution in [0.3, 0.4) is 0 Å². The molecule has 3 rings (SSSR count). The van der Waals surface area contributed by atoms with E-state index in [2.05, 4.69) is 20.2 Å². The Hall–Kier alpha value is -2.91. The largest absolute Gasteiger partial charge is 0.436 e. The smallest absolute Gasteiger partial charge is 0.234 e. The summed E-state index contributed by atoms with van der Waals surface area (Å²) >= 11 is 6.36. The number of aryl methyl sites for hydroxylation is 3. The number of allylic oxidation sites excluding steroid dienone is 1. The number of nitrogens with zero attached hydrogens (tertiary/aromatic N) is 4. The number of aromatic amines is 1. The van der Waals surface area contributed by atoms with E-state index in [0.717, 1.165) is 22.2 Å². The van der Waals surface area contributed by atoms with Gasteiger partial charge in [0.25, 0.3) is 0 Å². The molecule has 0 saturated heterocycles. The van der Waals surface area contributed by atoms with Crippen molar-refractivity contribution in [2.24, 2.45) is 0 Å². The van der Waals surface area contributed by atoms with Crippen molar-refractivity contribution in [2.45, 2.75) is 20.8 Å². The normalized spacial score (nSPS) is 11.1. The van der Waals surface area contributed by atoms with Crippen LogP contribution in [0.2, 0.25) is 5.02 Å². The third kappa shape index (κ3) is 2.94. The molecule has 0 atom stereocenters. The number of ether oxygens (including phenoxy) is 1. The number of H-pyrrole nitrogens is 1. The van der Waals surface area contributed by atoms with Crippen LogP contribution in [-0.2, 0) is 0 Å². The van der Waals surface area contributed by atoms with Gasteiger partial charge < -0.3 is 4.74 Å². The van der Waals surface area contributed by atoms with Crippen molar-refractivity contribution >= 4 is 28.7 Å². The molecule has 0 aliphatic carbocycles. The van der Waals surface area contributed by atoms with Crippen molar-refractivity contribution in [1.82, 2.24) is 20.2 Å². The lowest BCUT2D eigenvalue weighted by Gasteiger charge is -2.12. The molecule has 0 aliphatic heterocycles. The lowest BCUT2D eigenvalue weighted by molar-refractivity contribution is 0.463. The van der Waals surface area contributed by atoms with Gasteiger partial charge in [-0.3, -0.25) is 5.10 Å². The summed E-state index contributed by atoms with van der Waals surface area (Å²) in [6.07, 6.45) is 3.09. The molecule has 0 fully saturated rings. The van der Waals surface area contributed by atoms with Gasteiger partial charge in [0.15, 0.2) is 11.4 Å². The highest BCUT2D eigenvalue weighted by Crippen LogP contribution is 2.36. The fourth-order valence-corrected chi connectivity index (χ4v) is 2.73. The molecule has 120 valence electrons. The molecule has 24 heavy (non-hydrogen) atoms. The van der Waals surface area contributed by atoms with Crippen LogP contribution in [-0.4, -0.2) is 20.2 Å². The second kappa shape index (κ2) is 6.30. The molecule has 0 unspecified atom stereocenters. The van der Waals surface area contributed by atoms with Crippen LogP contribution in [0.4, 0.5) is 0 Å². The summed E-state index contributed by atoms with van der Waals surface area (Å²) in [7, 11) is 0. The average Bonchev–Trinajstić information content (AvgIpc) is 2.89. The second-order valence-corrected chi connectivity index (χ2v) is 5.74. The number of hydrogen-bond donors (Lipinski definition) is 1. The van der Waals surface area contributed by atoms with Crippen molar-refractivity contribution < 1.29 is 4.74 Å². The Morgan fingerprint density at radius 2 is 2.04 bits per heavy atom. The van der Waals surface area contributed by atoms with Gasteiger partial charge in [-0.2, -0.15) is 15.3 Å². The molecule has 0 saturated carbocycles. The number of halogens is 1. The first-order valence-corrected chi connectivity index (χ1v) is 7.61. The van der Waals surface area contributed by atoms with Crippen LogP contribution in [0.5, 0.6) is 11.6 Å². The number of hydrogen-bond acceptors (Lipinski definition) is 5. The summed E-state index contributed by atoms with van der Waals surface area (Å²) in [6, 6.07) is 5.59. The zero-order valence-corrected chi connectivity index (χ0v) is 14.1. The minimum absolute atomic E-state index is 0.411. The molecule has 6 nitrogen and oxygen atoms in total. The summed E-state index contributed by atoms with van der Waals surface area (Å²) in [5.74, 6) is 1.49. The van der Waals surface area contributed by atoms with E-state index in [1.165, 1.54) is 6.08 Å². The van der Waals surface area contributed by atoms with E-state index < -0.39 is 0 Å². The molecule has 0 aliphatic rings. The highest BCUT2D eigenvalue weighted by Gasteiger charge is 2.16. The highest BCUT2D eigenvalue weighted by atomic mass is 35.5. The van der Waals surface area contributed by atoms with Gasteiger partial charge in [0.2, 0.25) is 5.88 Å². The van der Waals surface area contributed by atoms with E-state index in [1.54, 1.807) is 19.1 Å². The fraction of sp³-hybridized carbons (Fsp3) is 0.176. The Morgan fingerprint density at radius 3 is 2.75 bits per heavy atom. The minimum atomic E-state index is 0.411. The van der Waals surface area contributed by atoms with Crippen molar-refractivity contribution in [3.05, 3.63) is 45.9 Å². The molecule has 1 N–H and O–H groups in total. The third-order valence-corrected chi connectivity index (χ3v) is 3.75. The first kappa shape index (κ1) is 16.0. The van der Waals surface area contributed by atoms with Crippen LogP contribution in [0, 0.1) is 32.1 Å². The summed E-state index contributed by atoms with van der Waals surface area (Å²) in [5, 5.41) is 16.8. The van der Waals surface area contributed by atoms with Crippen LogP contribution < -0.4 is 4.74 Å². The zero-order chi connectivity index (χ0) is 17.3. The van der Waals surface area contributed by atoms with E-state index in [9.17, 15) is 0 Å². The van der Waals surface area contributed by atoms with Gasteiger partial charge in [-0.25, -0.2) is 4.98 Å². The number of rotatable bonds is 3. The molecule has 0 radical (unpaired) electrons. The van der Waals surface area contributed by atoms with Gasteiger partial charge in [0.05, 0.1) is 11.1 Å². The Labute approximate surface area is 143 Å². The number of aromatic nitrogens is 4. The Kier molecular flexibility index (Phi) is 4.19. The Bertz CT molecular complexity index is 977. The van der Waals surface area contributed by atoms with Gasteiger partial charge >= 0.3 is 0 Å². The maximum absolute atomic E-state index is 8.63. The monoisotopic (exact) mass is 339 g/mol. The summed E-state index contributed by atoms with van der Waals surface area (Å²) in [6.45, 7) is 5.55. The Balaban J connectivity index is 2.08. The van der Waals surface area contributed by atoms with E-state index in [-0.39, 0.29) is 0 Å².